The zero-order chi connectivity index (χ0) is 17.4. The molecule has 1 aliphatic carbocycles. The minimum atomic E-state index is -0.272. The minimum Gasteiger partial charge on any atom is -0.374 e. The van der Waals surface area contributed by atoms with Crippen LogP contribution in [0.15, 0.2) is 42.6 Å². The fourth-order valence-corrected chi connectivity index (χ4v) is 3.65. The average molecular weight is 374 g/mol. The zero-order valence-electron chi connectivity index (χ0n) is 13.3. The van der Waals surface area contributed by atoms with Gasteiger partial charge in [-0.25, -0.2) is 4.98 Å². The molecule has 1 saturated heterocycles. The molecular weight excluding hydrogens is 358 g/mol. The number of hydrogen-bond donors (Lipinski definition) is 2. The number of carbonyl (C=O) groups excluding carboxylic acids is 1. The Balaban J connectivity index is 1.55. The third-order valence-electron chi connectivity index (χ3n) is 4.62. The molecule has 2 N–H and O–H groups in total. The van der Waals surface area contributed by atoms with Gasteiger partial charge in [-0.2, -0.15) is 0 Å². The van der Waals surface area contributed by atoms with E-state index in [1.54, 1.807) is 12.1 Å². The summed E-state index contributed by atoms with van der Waals surface area (Å²) in [6.07, 6.45) is 2.43. The summed E-state index contributed by atoms with van der Waals surface area (Å²) in [5.74, 6) is 0.128. The minimum absolute atomic E-state index is 0.174. The largest absolute Gasteiger partial charge is 0.374 e. The number of pyridine rings is 1. The Morgan fingerprint density at radius 2 is 2.28 bits per heavy atom. The lowest BCUT2D eigenvalue weighted by Gasteiger charge is -2.20. The molecule has 0 radical (unpaired) electrons. The summed E-state index contributed by atoms with van der Waals surface area (Å²) in [6, 6.07) is 11.1. The summed E-state index contributed by atoms with van der Waals surface area (Å²) >= 11 is 11.1. The number of halogens is 1. The Hall–Kier alpha value is -2.02. The van der Waals surface area contributed by atoms with E-state index in [1.807, 2.05) is 18.2 Å². The molecule has 1 aromatic heterocycles. The summed E-state index contributed by atoms with van der Waals surface area (Å²) in [5, 5.41) is 6.81. The lowest BCUT2D eigenvalue weighted by Crippen LogP contribution is -2.35. The van der Waals surface area contributed by atoms with Gasteiger partial charge < -0.3 is 15.4 Å². The molecule has 2 aromatic rings. The van der Waals surface area contributed by atoms with E-state index in [-0.39, 0.29) is 11.4 Å². The molecule has 1 amide bonds. The van der Waals surface area contributed by atoms with Crippen molar-refractivity contribution < 1.29 is 9.53 Å². The van der Waals surface area contributed by atoms with Crippen LogP contribution < -0.4 is 10.6 Å². The van der Waals surface area contributed by atoms with Crippen LogP contribution in [0.25, 0.3) is 0 Å². The summed E-state index contributed by atoms with van der Waals surface area (Å²) in [4.78, 5) is 17.1. The molecule has 4 rings (SSSR count). The van der Waals surface area contributed by atoms with Crippen LogP contribution in [0.5, 0.6) is 0 Å². The van der Waals surface area contributed by atoms with E-state index in [4.69, 9.17) is 28.6 Å². The molecule has 1 saturated carbocycles. The van der Waals surface area contributed by atoms with Gasteiger partial charge in [0.15, 0.2) is 0 Å². The Morgan fingerprint density at radius 1 is 1.40 bits per heavy atom. The van der Waals surface area contributed by atoms with Crippen LogP contribution in [0, 0.1) is 5.92 Å². The molecule has 2 fully saturated rings. The molecule has 0 bridgehead atoms. The van der Waals surface area contributed by atoms with Crippen LogP contribution in [0.3, 0.4) is 0 Å². The number of thiocarbonyl (C=S) groups is 1. The van der Waals surface area contributed by atoms with Gasteiger partial charge >= 0.3 is 0 Å². The van der Waals surface area contributed by atoms with Gasteiger partial charge in [-0.05, 0) is 36.2 Å². The van der Waals surface area contributed by atoms with E-state index in [2.05, 4.69) is 21.7 Å². The second-order valence-electron chi connectivity index (χ2n) is 6.33. The summed E-state index contributed by atoms with van der Waals surface area (Å²) in [5.41, 5.74) is 1.97. The van der Waals surface area contributed by atoms with Crippen LogP contribution in [0.1, 0.15) is 22.5 Å². The number of hydrogen-bond acceptors (Lipinski definition) is 4. The fourth-order valence-electron chi connectivity index (χ4n) is 3.27. The van der Waals surface area contributed by atoms with Crippen molar-refractivity contribution >= 4 is 40.4 Å². The number of amides is 1. The number of nitrogens with zero attached hydrogens (tertiary/aromatic N) is 1. The first-order valence-corrected chi connectivity index (χ1v) is 8.78. The van der Waals surface area contributed by atoms with Gasteiger partial charge in [0.05, 0.1) is 23.8 Å². The second kappa shape index (κ2) is 6.37. The number of anilines is 1. The first-order valence-electron chi connectivity index (χ1n) is 7.99. The number of nitrogens with one attached hydrogen (secondary N) is 2. The molecule has 128 valence electrons. The molecule has 5 nitrogen and oxygen atoms in total. The van der Waals surface area contributed by atoms with E-state index in [0.29, 0.717) is 29.8 Å². The molecule has 0 unspecified atom stereocenters. The maximum absolute atomic E-state index is 12.3. The standard InChI is InChI=1S/C18H16ClN3O2S/c19-13-4-5-15(20-8-13)17(23)21-14-3-1-2-11(6-14)18-7-12(18)9-24-10-16(25)22-18/h1-6,8,12H,7,9-10H2,(H,21,23)(H,22,25)/t12-,18+/m0/s1. The Bertz CT molecular complexity index is 842. The Morgan fingerprint density at radius 3 is 3.08 bits per heavy atom. The Kier molecular flexibility index (Phi) is 4.19. The fraction of sp³-hybridized carbons (Fsp3) is 0.278. The first-order chi connectivity index (χ1) is 12.1. The van der Waals surface area contributed by atoms with Crippen molar-refractivity contribution in [2.75, 3.05) is 18.5 Å². The number of aromatic nitrogens is 1. The van der Waals surface area contributed by atoms with Crippen molar-refractivity contribution in [1.29, 1.82) is 0 Å². The van der Waals surface area contributed by atoms with Crippen molar-refractivity contribution in [2.24, 2.45) is 5.92 Å². The predicted octanol–water partition coefficient (Wildman–Crippen LogP) is 3.15. The summed E-state index contributed by atoms with van der Waals surface area (Å²) in [7, 11) is 0. The van der Waals surface area contributed by atoms with Crippen LogP contribution >= 0.6 is 23.8 Å². The predicted molar refractivity (Wildman–Crippen MR) is 100.0 cm³/mol. The molecular formula is C18H16ClN3O2S. The third-order valence-corrected chi connectivity index (χ3v) is 5.06. The smallest absolute Gasteiger partial charge is 0.274 e. The van der Waals surface area contributed by atoms with E-state index >= 15 is 0 Å². The number of ether oxygens (including phenoxy) is 1. The van der Waals surface area contributed by atoms with Gasteiger partial charge in [-0.15, -0.1) is 0 Å². The van der Waals surface area contributed by atoms with Crippen LogP contribution in [-0.4, -0.2) is 29.1 Å². The van der Waals surface area contributed by atoms with Crippen LogP contribution in [0.4, 0.5) is 5.69 Å². The van der Waals surface area contributed by atoms with Crippen LogP contribution in [-0.2, 0) is 10.3 Å². The number of benzene rings is 1. The van der Waals surface area contributed by atoms with Crippen molar-refractivity contribution in [3.8, 4) is 0 Å². The summed E-state index contributed by atoms with van der Waals surface area (Å²) < 4.78 is 5.58. The van der Waals surface area contributed by atoms with Crippen molar-refractivity contribution in [1.82, 2.24) is 10.3 Å². The highest BCUT2D eigenvalue weighted by atomic mass is 35.5. The maximum atomic E-state index is 12.3. The highest BCUT2D eigenvalue weighted by Crippen LogP contribution is 2.53. The van der Waals surface area contributed by atoms with Gasteiger partial charge in [0.1, 0.15) is 10.7 Å². The van der Waals surface area contributed by atoms with E-state index in [9.17, 15) is 4.79 Å². The number of fused-ring (bicyclic) bond motifs is 1. The molecule has 2 aliphatic rings. The number of rotatable bonds is 3. The first kappa shape index (κ1) is 16.4. The molecule has 7 heteroatoms. The van der Waals surface area contributed by atoms with Gasteiger partial charge in [0.25, 0.3) is 5.91 Å². The SMILES string of the molecule is O=C(Nc1cccc([C@]23C[C@H]2COCC(=S)N3)c1)c1ccc(Cl)cn1. The number of carbonyl (C=O) groups is 1. The lowest BCUT2D eigenvalue weighted by molar-refractivity contribution is 0.102. The van der Waals surface area contributed by atoms with Gasteiger partial charge in [0.2, 0.25) is 0 Å². The monoisotopic (exact) mass is 373 g/mol. The van der Waals surface area contributed by atoms with E-state index in [1.165, 1.54) is 6.20 Å². The lowest BCUT2D eigenvalue weighted by atomic mass is 10.0. The molecule has 2 heterocycles. The van der Waals surface area contributed by atoms with Gasteiger partial charge in [-0.1, -0.05) is 36.0 Å². The highest BCUT2D eigenvalue weighted by Gasteiger charge is 2.57. The normalized spacial score (nSPS) is 24.7. The van der Waals surface area contributed by atoms with E-state index < -0.39 is 0 Å². The van der Waals surface area contributed by atoms with Crippen LogP contribution in [0.2, 0.25) is 5.02 Å². The van der Waals surface area contributed by atoms with Gasteiger partial charge in [0, 0.05) is 17.8 Å². The van der Waals surface area contributed by atoms with Crippen molar-refractivity contribution in [2.45, 2.75) is 12.0 Å². The van der Waals surface area contributed by atoms with Crippen molar-refractivity contribution in [3.05, 3.63) is 58.9 Å². The second-order valence-corrected chi connectivity index (χ2v) is 7.26. The van der Waals surface area contributed by atoms with Gasteiger partial charge in [-0.3, -0.25) is 4.79 Å². The maximum Gasteiger partial charge on any atom is 0.274 e. The summed E-state index contributed by atoms with van der Waals surface area (Å²) in [6.45, 7) is 1.16. The molecule has 0 spiro atoms. The van der Waals surface area contributed by atoms with E-state index in [0.717, 1.165) is 22.7 Å². The van der Waals surface area contributed by atoms with Crippen molar-refractivity contribution in [3.63, 3.8) is 0 Å². The zero-order valence-corrected chi connectivity index (χ0v) is 14.9. The average Bonchev–Trinajstić information content (AvgIpc) is 3.30. The quantitative estimate of drug-likeness (QED) is 0.809. The topological polar surface area (TPSA) is 63.2 Å². The molecule has 2 atom stereocenters. The third kappa shape index (κ3) is 3.25. The highest BCUT2D eigenvalue weighted by molar-refractivity contribution is 7.80. The molecule has 1 aliphatic heterocycles. The molecule has 1 aromatic carbocycles. The Labute approximate surface area is 155 Å². The molecule has 25 heavy (non-hydrogen) atoms.